The van der Waals surface area contributed by atoms with Gasteiger partial charge in [0, 0.05) is 17.5 Å². The van der Waals surface area contributed by atoms with Gasteiger partial charge in [0.25, 0.3) is 6.29 Å². The van der Waals surface area contributed by atoms with Crippen LogP contribution in [0.25, 0.3) is 0 Å². The van der Waals surface area contributed by atoms with E-state index >= 15 is 0 Å². The maximum atomic E-state index is 12.0. The molecule has 2 atom stereocenters. The molecule has 0 saturated carbocycles. The van der Waals surface area contributed by atoms with Gasteiger partial charge in [-0.3, -0.25) is 4.79 Å². The van der Waals surface area contributed by atoms with E-state index in [-0.39, 0.29) is 17.8 Å². The van der Waals surface area contributed by atoms with Crippen molar-refractivity contribution in [1.29, 1.82) is 0 Å². The molecule has 0 spiro atoms. The molecule has 0 fully saturated rings. The van der Waals surface area contributed by atoms with Gasteiger partial charge in [-0.05, 0) is 23.6 Å². The van der Waals surface area contributed by atoms with Crippen LogP contribution in [0.5, 0.6) is 0 Å². The first-order valence-electron chi connectivity index (χ1n) is 8.11. The number of ether oxygens (including phenoxy) is 2. The number of alkyl carbamates (subject to hydrolysis) is 1. The SMILES string of the molecule is CC(C)C(=O)O[C@@H](OC(=O)NC[C@H](C)c1ccc(Cl)cc1)C(C)C. The summed E-state index contributed by atoms with van der Waals surface area (Å²) in [5.41, 5.74) is 1.06. The third kappa shape index (κ3) is 6.79. The normalized spacial score (nSPS) is 13.5. The van der Waals surface area contributed by atoms with Gasteiger partial charge in [-0.2, -0.15) is 0 Å². The molecule has 1 aromatic rings. The summed E-state index contributed by atoms with van der Waals surface area (Å²) in [6.07, 6.45) is -1.50. The van der Waals surface area contributed by atoms with E-state index in [4.69, 9.17) is 21.1 Å². The molecule has 5 nitrogen and oxygen atoms in total. The van der Waals surface area contributed by atoms with Crippen molar-refractivity contribution >= 4 is 23.7 Å². The second-order valence-electron chi connectivity index (χ2n) is 6.44. The van der Waals surface area contributed by atoms with Gasteiger partial charge in [0.2, 0.25) is 0 Å². The number of hydrogen-bond acceptors (Lipinski definition) is 4. The lowest BCUT2D eigenvalue weighted by molar-refractivity contribution is -0.178. The van der Waals surface area contributed by atoms with Crippen LogP contribution < -0.4 is 5.32 Å². The Kier molecular flexibility index (Phi) is 8.05. The van der Waals surface area contributed by atoms with Gasteiger partial charge < -0.3 is 14.8 Å². The minimum Gasteiger partial charge on any atom is -0.425 e. The quantitative estimate of drug-likeness (QED) is 0.583. The van der Waals surface area contributed by atoms with Gasteiger partial charge in [0.05, 0.1) is 5.92 Å². The predicted octanol–water partition coefficient (Wildman–Crippen LogP) is 4.35. The van der Waals surface area contributed by atoms with Crippen molar-refractivity contribution in [2.75, 3.05) is 6.54 Å². The molecule has 24 heavy (non-hydrogen) atoms. The summed E-state index contributed by atoms with van der Waals surface area (Å²) < 4.78 is 10.4. The molecule has 1 aromatic carbocycles. The molecule has 0 bridgehead atoms. The molecular formula is C18H26ClNO4. The third-order valence-electron chi connectivity index (χ3n) is 3.46. The minimum absolute atomic E-state index is 0.102. The molecule has 6 heteroatoms. The summed E-state index contributed by atoms with van der Waals surface area (Å²) in [5.74, 6) is -0.698. The molecule has 0 aliphatic heterocycles. The largest absolute Gasteiger partial charge is 0.425 e. The van der Waals surface area contributed by atoms with E-state index < -0.39 is 18.4 Å². The highest BCUT2D eigenvalue weighted by molar-refractivity contribution is 6.30. The highest BCUT2D eigenvalue weighted by atomic mass is 35.5. The fraction of sp³-hybridized carbons (Fsp3) is 0.556. The lowest BCUT2D eigenvalue weighted by atomic mass is 10.0. The van der Waals surface area contributed by atoms with E-state index in [1.165, 1.54) is 0 Å². The lowest BCUT2D eigenvalue weighted by Gasteiger charge is -2.23. The highest BCUT2D eigenvalue weighted by Crippen LogP contribution is 2.17. The molecule has 1 N–H and O–H groups in total. The molecule has 0 aromatic heterocycles. The number of hydrogen-bond donors (Lipinski definition) is 1. The Hall–Kier alpha value is -1.75. The van der Waals surface area contributed by atoms with E-state index in [2.05, 4.69) is 5.32 Å². The van der Waals surface area contributed by atoms with E-state index in [1.807, 2.05) is 45.0 Å². The van der Waals surface area contributed by atoms with Crippen LogP contribution >= 0.6 is 11.6 Å². The van der Waals surface area contributed by atoms with Crippen molar-refractivity contribution in [3.05, 3.63) is 34.9 Å². The van der Waals surface area contributed by atoms with Crippen LogP contribution in [0.2, 0.25) is 5.02 Å². The van der Waals surface area contributed by atoms with Crippen molar-refractivity contribution < 1.29 is 19.1 Å². The van der Waals surface area contributed by atoms with Gasteiger partial charge in [-0.1, -0.05) is 58.4 Å². The van der Waals surface area contributed by atoms with Gasteiger partial charge in [-0.25, -0.2) is 4.79 Å². The maximum Gasteiger partial charge on any atom is 0.410 e. The van der Waals surface area contributed by atoms with Crippen LogP contribution in [0.3, 0.4) is 0 Å². The van der Waals surface area contributed by atoms with Crippen LogP contribution in [0.4, 0.5) is 4.79 Å². The van der Waals surface area contributed by atoms with Gasteiger partial charge in [0.1, 0.15) is 0 Å². The summed E-state index contributed by atoms with van der Waals surface area (Å²) in [6.45, 7) is 9.50. The van der Waals surface area contributed by atoms with E-state index in [0.717, 1.165) is 5.56 Å². The van der Waals surface area contributed by atoms with Crippen LogP contribution in [0.1, 0.15) is 46.1 Å². The van der Waals surface area contributed by atoms with Crippen LogP contribution in [-0.4, -0.2) is 24.9 Å². The Morgan fingerprint density at radius 2 is 1.62 bits per heavy atom. The number of esters is 1. The molecule has 134 valence electrons. The zero-order valence-electron chi connectivity index (χ0n) is 14.8. The van der Waals surface area contributed by atoms with Crippen molar-refractivity contribution in [2.24, 2.45) is 11.8 Å². The molecule has 0 saturated heterocycles. The Balaban J connectivity index is 2.50. The molecule has 0 radical (unpaired) electrons. The zero-order chi connectivity index (χ0) is 18.3. The van der Waals surface area contributed by atoms with Crippen LogP contribution in [0, 0.1) is 11.8 Å². The van der Waals surface area contributed by atoms with Crippen LogP contribution in [-0.2, 0) is 14.3 Å². The van der Waals surface area contributed by atoms with Gasteiger partial charge in [0.15, 0.2) is 0 Å². The number of halogens is 1. The summed E-state index contributed by atoms with van der Waals surface area (Å²) in [6, 6.07) is 7.46. The van der Waals surface area contributed by atoms with Gasteiger partial charge >= 0.3 is 12.1 Å². The Morgan fingerprint density at radius 1 is 1.04 bits per heavy atom. The standard InChI is InChI=1S/C18H26ClNO4/c1-11(2)16(21)23-17(12(3)4)24-18(22)20-10-13(5)14-6-8-15(19)9-7-14/h6-9,11-13,17H,10H2,1-5H3,(H,20,22)/t13-,17-/m0/s1. The molecule has 1 rings (SSSR count). The monoisotopic (exact) mass is 355 g/mol. The number of rotatable bonds is 7. The first-order valence-corrected chi connectivity index (χ1v) is 8.49. The first kappa shape index (κ1) is 20.3. The zero-order valence-corrected chi connectivity index (χ0v) is 15.6. The third-order valence-corrected chi connectivity index (χ3v) is 3.71. The lowest BCUT2D eigenvalue weighted by Crippen LogP contribution is -2.36. The van der Waals surface area contributed by atoms with Crippen molar-refractivity contribution in [2.45, 2.75) is 46.8 Å². The Morgan fingerprint density at radius 3 is 2.12 bits per heavy atom. The predicted molar refractivity (Wildman–Crippen MR) is 93.9 cm³/mol. The second-order valence-corrected chi connectivity index (χ2v) is 6.88. The first-order chi connectivity index (χ1) is 11.2. The van der Waals surface area contributed by atoms with Crippen molar-refractivity contribution in [3.8, 4) is 0 Å². The summed E-state index contributed by atoms with van der Waals surface area (Å²) in [7, 11) is 0. The number of carbonyl (C=O) groups excluding carboxylic acids is 2. The van der Waals surface area contributed by atoms with Crippen molar-refractivity contribution in [3.63, 3.8) is 0 Å². The summed E-state index contributed by atoms with van der Waals surface area (Å²) in [5, 5.41) is 3.37. The molecule has 1 amide bonds. The number of amides is 1. The minimum atomic E-state index is -0.897. The molecule has 0 unspecified atom stereocenters. The maximum absolute atomic E-state index is 12.0. The smallest absolute Gasteiger partial charge is 0.410 e. The summed E-state index contributed by atoms with van der Waals surface area (Å²) >= 11 is 5.86. The van der Waals surface area contributed by atoms with E-state index in [1.54, 1.807) is 13.8 Å². The van der Waals surface area contributed by atoms with Gasteiger partial charge in [-0.15, -0.1) is 0 Å². The summed E-state index contributed by atoms with van der Waals surface area (Å²) in [4.78, 5) is 23.6. The molecule has 0 heterocycles. The van der Waals surface area contributed by atoms with E-state index in [0.29, 0.717) is 11.6 Å². The number of benzene rings is 1. The highest BCUT2D eigenvalue weighted by Gasteiger charge is 2.24. The average molecular weight is 356 g/mol. The fourth-order valence-electron chi connectivity index (χ4n) is 1.84. The fourth-order valence-corrected chi connectivity index (χ4v) is 1.97. The topological polar surface area (TPSA) is 64.6 Å². The van der Waals surface area contributed by atoms with Crippen LogP contribution in [0.15, 0.2) is 24.3 Å². The van der Waals surface area contributed by atoms with Crippen molar-refractivity contribution in [1.82, 2.24) is 5.32 Å². The molecular weight excluding hydrogens is 330 g/mol. The van der Waals surface area contributed by atoms with E-state index in [9.17, 15) is 9.59 Å². The molecule has 0 aliphatic carbocycles. The average Bonchev–Trinajstić information content (AvgIpc) is 2.52. The second kappa shape index (κ2) is 9.52. The number of nitrogens with one attached hydrogen (secondary N) is 1. The Bertz CT molecular complexity index is 542. The number of carbonyl (C=O) groups is 2. The molecule has 0 aliphatic rings. The Labute approximate surface area is 148 Å².